The van der Waals surface area contributed by atoms with Crippen LogP contribution >= 0.6 is 22.8 Å². The zero-order valence-corrected chi connectivity index (χ0v) is 13.3. The van der Waals surface area contributed by atoms with E-state index in [0.29, 0.717) is 7.28 Å². The van der Waals surface area contributed by atoms with Crippen molar-refractivity contribution in [1.29, 1.82) is 0 Å². The fourth-order valence-electron chi connectivity index (χ4n) is 2.87. The van der Waals surface area contributed by atoms with Gasteiger partial charge >= 0.3 is 0 Å². The summed E-state index contributed by atoms with van der Waals surface area (Å²) in [5, 5.41) is 9.35. The minimum Gasteiger partial charge on any atom is -0.0616 e. The molecule has 1 atom stereocenters. The summed E-state index contributed by atoms with van der Waals surface area (Å²) in [7, 11) is 0.637. The lowest BCUT2D eigenvalue weighted by Gasteiger charge is -2.10. The second-order valence-corrected chi connectivity index (χ2v) is 6.90. The van der Waals surface area contributed by atoms with E-state index in [2.05, 4.69) is 82.2 Å². The second-order valence-electron chi connectivity index (χ2n) is 4.98. The van der Waals surface area contributed by atoms with E-state index in [-0.39, 0.29) is 0 Å². The molecule has 0 aliphatic carbocycles. The molecule has 96 valence electrons. The van der Waals surface area contributed by atoms with Crippen molar-refractivity contribution in [2.75, 3.05) is 0 Å². The first kappa shape index (κ1) is 12.3. The van der Waals surface area contributed by atoms with Gasteiger partial charge in [-0.2, -0.15) is 0 Å². The van der Waals surface area contributed by atoms with Gasteiger partial charge in [-0.15, -0.1) is 0 Å². The lowest BCUT2D eigenvalue weighted by atomic mass is 9.98. The Hall–Kier alpha value is -1.43. The third kappa shape index (κ3) is 1.85. The first-order valence-electron chi connectivity index (χ1n) is 6.58. The Morgan fingerprint density at radius 3 is 2.00 bits per heavy atom. The zero-order chi connectivity index (χ0) is 13.5. The van der Waals surface area contributed by atoms with E-state index >= 15 is 0 Å². The molecule has 4 aromatic rings. The number of hydrogen-bond acceptors (Lipinski definition) is 0. The van der Waals surface area contributed by atoms with E-state index in [1.165, 1.54) is 37.6 Å². The van der Waals surface area contributed by atoms with Gasteiger partial charge in [-0.3, -0.25) is 0 Å². The Labute approximate surface area is 127 Å². The Morgan fingerprint density at radius 1 is 0.600 bits per heavy atom. The molecule has 0 aliphatic rings. The van der Waals surface area contributed by atoms with Gasteiger partial charge in [-0.25, -0.2) is 0 Å². The number of hydrogen-bond donors (Lipinski definition) is 0. The quantitative estimate of drug-likeness (QED) is 0.235. The van der Waals surface area contributed by atoms with Crippen molar-refractivity contribution in [3.05, 3.63) is 66.7 Å². The molecule has 0 N–H and O–H groups in total. The molecule has 0 saturated heterocycles. The van der Waals surface area contributed by atoms with E-state index in [1.807, 2.05) is 0 Å². The summed E-state index contributed by atoms with van der Waals surface area (Å²) in [4.78, 5) is 0. The highest BCUT2D eigenvalue weighted by atomic mass is 79.9. The van der Waals surface area contributed by atoms with Crippen LogP contribution in [0, 0.1) is 0 Å². The van der Waals surface area contributed by atoms with Gasteiger partial charge in [-0.1, -0.05) is 64.0 Å². The fourth-order valence-corrected chi connectivity index (χ4v) is 4.39. The average molecular weight is 339 g/mol. The highest BCUT2D eigenvalue weighted by Crippen LogP contribution is 2.32. The Morgan fingerprint density at radius 2 is 1.25 bits per heavy atom. The van der Waals surface area contributed by atoms with E-state index in [9.17, 15) is 0 Å². The molecule has 4 aromatic carbocycles. The summed E-state index contributed by atoms with van der Waals surface area (Å²) in [6.07, 6.45) is 0. The molecule has 20 heavy (non-hydrogen) atoms. The van der Waals surface area contributed by atoms with Crippen LogP contribution in [0.3, 0.4) is 0 Å². The minimum atomic E-state index is 0.637. The minimum absolute atomic E-state index is 0.637. The van der Waals surface area contributed by atoms with E-state index in [0.717, 1.165) is 0 Å². The Bertz CT molecular complexity index is 944. The molecule has 0 fully saturated rings. The summed E-state index contributed by atoms with van der Waals surface area (Å²) in [5.41, 5.74) is 0. The predicted octanol–water partition coefficient (Wildman–Crippen LogP) is 5.76. The van der Waals surface area contributed by atoms with Gasteiger partial charge in [0.05, 0.1) is 0 Å². The molecular formula is C18H12BrP. The van der Waals surface area contributed by atoms with Gasteiger partial charge in [0, 0.05) is 0 Å². The molecule has 0 spiro atoms. The highest BCUT2D eigenvalue weighted by Gasteiger charge is 2.06. The third-order valence-electron chi connectivity index (χ3n) is 3.83. The average Bonchev–Trinajstić information content (AvgIpc) is 2.52. The molecule has 1 unspecified atom stereocenters. The van der Waals surface area contributed by atoms with Gasteiger partial charge in [0.1, 0.15) is 0 Å². The maximum Gasteiger partial charge on any atom is -0.00762 e. The molecule has 0 radical (unpaired) electrons. The standard InChI is InChI=1S/C18H12BrP/c19-20-18-11-14-9-12-5-1-2-6-13(12)10-17(14)15-7-3-4-8-16(15)18/h1-11,20H. The number of benzene rings is 4. The molecule has 0 nitrogen and oxygen atoms in total. The molecule has 0 aromatic heterocycles. The lowest BCUT2D eigenvalue weighted by Crippen LogP contribution is -1.95. The van der Waals surface area contributed by atoms with E-state index < -0.39 is 0 Å². The molecule has 0 amide bonds. The summed E-state index contributed by atoms with van der Waals surface area (Å²) < 4.78 is 0. The van der Waals surface area contributed by atoms with Crippen LogP contribution < -0.4 is 5.30 Å². The molecule has 0 saturated carbocycles. The largest absolute Gasteiger partial charge is 0.0616 e. The van der Waals surface area contributed by atoms with Gasteiger partial charge in [0.25, 0.3) is 0 Å². The lowest BCUT2D eigenvalue weighted by molar-refractivity contribution is 1.79. The zero-order valence-electron chi connectivity index (χ0n) is 10.7. The summed E-state index contributed by atoms with van der Waals surface area (Å²) in [5.74, 6) is 0. The van der Waals surface area contributed by atoms with Crippen LogP contribution in [0.4, 0.5) is 0 Å². The van der Waals surface area contributed by atoms with Crippen molar-refractivity contribution < 1.29 is 0 Å². The summed E-state index contributed by atoms with van der Waals surface area (Å²) >= 11 is 3.64. The molecule has 0 bridgehead atoms. The first-order valence-corrected chi connectivity index (χ1v) is 9.83. The van der Waals surface area contributed by atoms with Crippen LogP contribution in [0.25, 0.3) is 32.3 Å². The molecular weight excluding hydrogens is 327 g/mol. The van der Waals surface area contributed by atoms with Gasteiger partial charge in [0.15, 0.2) is 0 Å². The molecule has 4 rings (SSSR count). The normalized spacial score (nSPS) is 12.1. The fraction of sp³-hybridized carbons (Fsp3) is 0. The summed E-state index contributed by atoms with van der Waals surface area (Å²) in [6.45, 7) is 0. The Kier molecular flexibility index (Phi) is 2.98. The van der Waals surface area contributed by atoms with Crippen molar-refractivity contribution >= 4 is 60.4 Å². The topological polar surface area (TPSA) is 0 Å². The van der Waals surface area contributed by atoms with Crippen LogP contribution in [0.2, 0.25) is 0 Å². The van der Waals surface area contributed by atoms with Crippen LogP contribution in [0.1, 0.15) is 0 Å². The van der Waals surface area contributed by atoms with Crippen LogP contribution in [0.15, 0.2) is 66.7 Å². The van der Waals surface area contributed by atoms with Crippen LogP contribution in [-0.4, -0.2) is 0 Å². The smallest absolute Gasteiger partial charge is 0.00762 e. The monoisotopic (exact) mass is 338 g/mol. The predicted molar refractivity (Wildman–Crippen MR) is 95.8 cm³/mol. The first-order chi connectivity index (χ1) is 9.86. The van der Waals surface area contributed by atoms with Gasteiger partial charge in [0.2, 0.25) is 0 Å². The van der Waals surface area contributed by atoms with Crippen LogP contribution in [-0.2, 0) is 0 Å². The third-order valence-corrected chi connectivity index (χ3v) is 5.73. The number of halogens is 1. The molecule has 0 heterocycles. The molecule has 2 heteroatoms. The van der Waals surface area contributed by atoms with E-state index in [4.69, 9.17) is 0 Å². The maximum atomic E-state index is 3.64. The van der Waals surface area contributed by atoms with Gasteiger partial charge in [-0.05, 0) is 63.1 Å². The second kappa shape index (κ2) is 4.84. The molecule has 0 aliphatic heterocycles. The van der Waals surface area contributed by atoms with Crippen LogP contribution in [0.5, 0.6) is 0 Å². The highest BCUT2D eigenvalue weighted by molar-refractivity contribution is 9.37. The Balaban J connectivity index is 2.25. The van der Waals surface area contributed by atoms with Crippen molar-refractivity contribution in [3.63, 3.8) is 0 Å². The number of rotatable bonds is 1. The SMILES string of the molecule is BrPc1cc2cc3ccccc3cc2c2ccccc12. The van der Waals surface area contributed by atoms with Crippen molar-refractivity contribution in [2.24, 2.45) is 0 Å². The maximum absolute atomic E-state index is 3.64. The van der Waals surface area contributed by atoms with Crippen molar-refractivity contribution in [2.45, 2.75) is 0 Å². The summed E-state index contributed by atoms with van der Waals surface area (Å²) in [6, 6.07) is 24.2. The number of fused-ring (bicyclic) bond motifs is 4. The van der Waals surface area contributed by atoms with E-state index in [1.54, 1.807) is 0 Å². The van der Waals surface area contributed by atoms with Crippen molar-refractivity contribution in [1.82, 2.24) is 0 Å². The van der Waals surface area contributed by atoms with Gasteiger partial charge < -0.3 is 0 Å². The van der Waals surface area contributed by atoms with Crippen molar-refractivity contribution in [3.8, 4) is 0 Å².